The van der Waals surface area contributed by atoms with E-state index >= 15 is 0 Å². The summed E-state index contributed by atoms with van der Waals surface area (Å²) in [5, 5.41) is 2.22. The van der Waals surface area contributed by atoms with Gasteiger partial charge in [0.15, 0.2) is 11.5 Å². The van der Waals surface area contributed by atoms with Gasteiger partial charge in [0.2, 0.25) is 6.79 Å². The van der Waals surface area contributed by atoms with Gasteiger partial charge < -0.3 is 19.2 Å². The zero-order valence-corrected chi connectivity index (χ0v) is 13.7. The zero-order valence-electron chi connectivity index (χ0n) is 13.7. The molecule has 3 heterocycles. The van der Waals surface area contributed by atoms with E-state index in [2.05, 4.69) is 11.1 Å². The van der Waals surface area contributed by atoms with Crippen molar-refractivity contribution in [1.82, 2.24) is 4.98 Å². The number of para-hydroxylation sites is 1. The van der Waals surface area contributed by atoms with E-state index in [1.165, 1.54) is 0 Å². The Morgan fingerprint density at radius 2 is 1.77 bits per heavy atom. The highest BCUT2D eigenvalue weighted by atomic mass is 16.7. The van der Waals surface area contributed by atoms with Crippen LogP contribution in [0.4, 0.5) is 0 Å². The minimum Gasteiger partial charge on any atom is -0.457 e. The lowest BCUT2D eigenvalue weighted by Crippen LogP contribution is -1.95. The Bertz CT molecular complexity index is 1240. The molecule has 0 atom stereocenters. The number of rotatable bonds is 1. The van der Waals surface area contributed by atoms with Gasteiger partial charge in [0.25, 0.3) is 0 Å². The summed E-state index contributed by atoms with van der Waals surface area (Å²) in [4.78, 5) is 15.6. The van der Waals surface area contributed by atoms with E-state index < -0.39 is 0 Å². The maximum atomic E-state index is 12.2. The van der Waals surface area contributed by atoms with Crippen LogP contribution in [0.1, 0.15) is 15.9 Å². The molecule has 0 amide bonds. The number of aromatic amines is 1. The fourth-order valence-electron chi connectivity index (χ4n) is 3.98. The number of carbonyl (C=O) groups excluding carboxylic acids is 1. The quantitative estimate of drug-likeness (QED) is 0.521. The summed E-state index contributed by atoms with van der Waals surface area (Å²) in [6, 6.07) is 16.0. The molecule has 5 heteroatoms. The first-order valence-corrected chi connectivity index (χ1v) is 8.43. The lowest BCUT2D eigenvalue weighted by atomic mass is 9.92. The van der Waals surface area contributed by atoms with Crippen LogP contribution in [0.15, 0.2) is 48.5 Å². The summed E-state index contributed by atoms with van der Waals surface area (Å²) in [5.74, 6) is 1.18. The standard InChI is InChI=1S/C21H13NO4/c23-21-13-8-16-20(12-3-1-2-4-15(12)22-16)19(14(13)9-24-21)11-5-6-17-18(7-11)26-10-25-17/h1-8,22H,9-10H2. The van der Waals surface area contributed by atoms with Crippen LogP contribution in [-0.2, 0) is 11.3 Å². The molecule has 5 nitrogen and oxygen atoms in total. The minimum absolute atomic E-state index is 0.232. The van der Waals surface area contributed by atoms with Crippen molar-refractivity contribution in [1.29, 1.82) is 0 Å². The lowest BCUT2D eigenvalue weighted by Gasteiger charge is -2.10. The number of fused-ring (bicyclic) bond motifs is 5. The Kier molecular flexibility index (Phi) is 2.54. The molecule has 4 aromatic rings. The van der Waals surface area contributed by atoms with E-state index in [4.69, 9.17) is 14.2 Å². The van der Waals surface area contributed by atoms with Crippen molar-refractivity contribution in [2.75, 3.05) is 6.79 Å². The third-order valence-corrected chi connectivity index (χ3v) is 5.13. The molecule has 0 bridgehead atoms. The number of carbonyl (C=O) groups is 1. The molecule has 6 rings (SSSR count). The van der Waals surface area contributed by atoms with E-state index in [9.17, 15) is 4.79 Å². The molecular formula is C21H13NO4. The molecule has 1 N–H and O–H groups in total. The molecule has 2 aliphatic rings. The van der Waals surface area contributed by atoms with Crippen LogP contribution in [0.5, 0.6) is 11.5 Å². The molecule has 2 aliphatic heterocycles. The predicted octanol–water partition coefficient (Wildman–Crippen LogP) is 4.39. The monoisotopic (exact) mass is 343 g/mol. The topological polar surface area (TPSA) is 60.6 Å². The Balaban J connectivity index is 1.77. The second-order valence-electron chi connectivity index (χ2n) is 6.51. The van der Waals surface area contributed by atoms with Crippen molar-refractivity contribution in [2.24, 2.45) is 0 Å². The fourth-order valence-corrected chi connectivity index (χ4v) is 3.98. The van der Waals surface area contributed by atoms with E-state index in [-0.39, 0.29) is 19.4 Å². The van der Waals surface area contributed by atoms with Crippen LogP contribution in [0.25, 0.3) is 32.9 Å². The smallest absolute Gasteiger partial charge is 0.338 e. The normalized spacial score (nSPS) is 14.8. The SMILES string of the molecule is O=C1OCc2c1cc1[nH]c3ccccc3c1c2-c1ccc2c(c1)OCO2. The number of nitrogens with one attached hydrogen (secondary N) is 1. The highest BCUT2D eigenvalue weighted by Crippen LogP contribution is 2.44. The molecule has 1 aromatic heterocycles. The van der Waals surface area contributed by atoms with Crippen LogP contribution >= 0.6 is 0 Å². The van der Waals surface area contributed by atoms with Gasteiger partial charge in [-0.15, -0.1) is 0 Å². The number of esters is 1. The van der Waals surface area contributed by atoms with Gasteiger partial charge in [0.05, 0.1) is 5.56 Å². The molecule has 0 saturated carbocycles. The zero-order chi connectivity index (χ0) is 17.3. The maximum Gasteiger partial charge on any atom is 0.338 e. The fraction of sp³-hybridized carbons (Fsp3) is 0.0952. The first kappa shape index (κ1) is 13.8. The second-order valence-corrected chi connectivity index (χ2v) is 6.51. The highest BCUT2D eigenvalue weighted by Gasteiger charge is 2.28. The first-order chi connectivity index (χ1) is 12.8. The lowest BCUT2D eigenvalue weighted by molar-refractivity contribution is 0.0535. The molecular weight excluding hydrogens is 330 g/mol. The van der Waals surface area contributed by atoms with Gasteiger partial charge in [-0.3, -0.25) is 0 Å². The van der Waals surface area contributed by atoms with Crippen LogP contribution in [-0.4, -0.2) is 17.7 Å². The van der Waals surface area contributed by atoms with Gasteiger partial charge in [0.1, 0.15) is 6.61 Å². The van der Waals surface area contributed by atoms with Crippen LogP contribution in [0.2, 0.25) is 0 Å². The van der Waals surface area contributed by atoms with Crippen molar-refractivity contribution in [3.05, 3.63) is 59.7 Å². The summed E-state index contributed by atoms with van der Waals surface area (Å²) >= 11 is 0. The van der Waals surface area contributed by atoms with Crippen molar-refractivity contribution >= 4 is 27.8 Å². The summed E-state index contributed by atoms with van der Waals surface area (Å²) < 4.78 is 16.3. The Morgan fingerprint density at radius 1 is 0.885 bits per heavy atom. The minimum atomic E-state index is -0.275. The predicted molar refractivity (Wildman–Crippen MR) is 96.5 cm³/mol. The van der Waals surface area contributed by atoms with E-state index in [0.717, 1.165) is 50.0 Å². The van der Waals surface area contributed by atoms with Gasteiger partial charge in [-0.2, -0.15) is 0 Å². The van der Waals surface area contributed by atoms with Gasteiger partial charge in [-0.25, -0.2) is 4.79 Å². The molecule has 0 unspecified atom stereocenters. The van der Waals surface area contributed by atoms with E-state index in [1.807, 2.05) is 42.5 Å². The van der Waals surface area contributed by atoms with Crippen LogP contribution in [0, 0.1) is 0 Å². The van der Waals surface area contributed by atoms with Crippen molar-refractivity contribution in [3.63, 3.8) is 0 Å². The number of benzene rings is 3. The second kappa shape index (κ2) is 4.79. The third kappa shape index (κ3) is 1.72. The summed E-state index contributed by atoms with van der Waals surface area (Å²) in [6.45, 7) is 0.517. The summed E-state index contributed by atoms with van der Waals surface area (Å²) in [5.41, 5.74) is 5.51. The number of cyclic esters (lactones) is 1. The summed E-state index contributed by atoms with van der Waals surface area (Å²) in [6.07, 6.45) is 0. The summed E-state index contributed by atoms with van der Waals surface area (Å²) in [7, 11) is 0. The van der Waals surface area contributed by atoms with E-state index in [0.29, 0.717) is 5.56 Å². The number of hydrogen-bond donors (Lipinski definition) is 1. The largest absolute Gasteiger partial charge is 0.457 e. The number of ether oxygens (including phenoxy) is 3. The number of aromatic nitrogens is 1. The third-order valence-electron chi connectivity index (χ3n) is 5.13. The molecule has 26 heavy (non-hydrogen) atoms. The van der Waals surface area contributed by atoms with Crippen molar-refractivity contribution in [2.45, 2.75) is 6.61 Å². The first-order valence-electron chi connectivity index (χ1n) is 8.43. The Labute approximate surface area is 148 Å². The average molecular weight is 343 g/mol. The molecule has 0 fully saturated rings. The molecule has 126 valence electrons. The van der Waals surface area contributed by atoms with Gasteiger partial charge in [-0.05, 0) is 35.4 Å². The Hall–Kier alpha value is -3.47. The molecule has 0 spiro atoms. The van der Waals surface area contributed by atoms with Gasteiger partial charge in [0, 0.05) is 27.4 Å². The number of hydrogen-bond acceptors (Lipinski definition) is 4. The van der Waals surface area contributed by atoms with Crippen molar-refractivity contribution in [3.8, 4) is 22.6 Å². The molecule has 0 aliphatic carbocycles. The molecule has 0 saturated heterocycles. The average Bonchev–Trinajstić information content (AvgIpc) is 3.36. The van der Waals surface area contributed by atoms with E-state index in [1.54, 1.807) is 0 Å². The molecule has 0 radical (unpaired) electrons. The van der Waals surface area contributed by atoms with Crippen LogP contribution in [0.3, 0.4) is 0 Å². The Morgan fingerprint density at radius 3 is 2.73 bits per heavy atom. The van der Waals surface area contributed by atoms with Crippen molar-refractivity contribution < 1.29 is 19.0 Å². The molecule has 3 aromatic carbocycles. The highest BCUT2D eigenvalue weighted by molar-refractivity contribution is 6.17. The van der Waals surface area contributed by atoms with Gasteiger partial charge >= 0.3 is 5.97 Å². The maximum absolute atomic E-state index is 12.2. The number of H-pyrrole nitrogens is 1. The van der Waals surface area contributed by atoms with Gasteiger partial charge in [-0.1, -0.05) is 24.3 Å². The van der Waals surface area contributed by atoms with Crippen LogP contribution < -0.4 is 9.47 Å².